The Bertz CT molecular complexity index is 971. The number of sulfonamides is 1. The van der Waals surface area contributed by atoms with Crippen molar-refractivity contribution in [2.45, 2.75) is 10.8 Å². The lowest BCUT2D eigenvalue weighted by atomic mass is 10.2. The average Bonchev–Trinajstić information content (AvgIpc) is 3.18. The second-order valence-corrected chi connectivity index (χ2v) is 8.15. The van der Waals surface area contributed by atoms with E-state index in [1.54, 1.807) is 23.6 Å². The molecular formula is C18H16N2O4S2. The van der Waals surface area contributed by atoms with Crippen molar-refractivity contribution in [1.29, 1.82) is 0 Å². The molecule has 1 heterocycles. The monoisotopic (exact) mass is 388 g/mol. The molecule has 1 aromatic heterocycles. The summed E-state index contributed by atoms with van der Waals surface area (Å²) in [5.74, 6) is -0.537. The molecule has 0 aliphatic heterocycles. The van der Waals surface area contributed by atoms with Crippen molar-refractivity contribution < 1.29 is 18.0 Å². The highest BCUT2D eigenvalue weighted by molar-refractivity contribution is 7.94. The molecule has 0 aliphatic carbocycles. The van der Waals surface area contributed by atoms with E-state index in [9.17, 15) is 13.2 Å². The number of hydrogen-bond acceptors (Lipinski definition) is 5. The van der Waals surface area contributed by atoms with Gasteiger partial charge in [0.25, 0.3) is 15.9 Å². The van der Waals surface area contributed by atoms with Crippen molar-refractivity contribution in [2.75, 3.05) is 4.72 Å². The first-order valence-electron chi connectivity index (χ1n) is 7.68. The Balaban J connectivity index is 1.69. The van der Waals surface area contributed by atoms with E-state index >= 15 is 0 Å². The van der Waals surface area contributed by atoms with Gasteiger partial charge >= 0.3 is 0 Å². The lowest BCUT2D eigenvalue weighted by molar-refractivity contribution is 0.0234. The van der Waals surface area contributed by atoms with E-state index in [1.807, 2.05) is 30.3 Å². The molecule has 0 radical (unpaired) electrons. The molecule has 3 rings (SSSR count). The Hall–Kier alpha value is -2.68. The van der Waals surface area contributed by atoms with Gasteiger partial charge in [0.05, 0.1) is 17.9 Å². The highest BCUT2D eigenvalue weighted by Crippen LogP contribution is 2.22. The molecule has 0 spiro atoms. The van der Waals surface area contributed by atoms with Crippen LogP contribution in [0.3, 0.4) is 0 Å². The van der Waals surface area contributed by atoms with Crippen LogP contribution in [-0.2, 0) is 21.5 Å². The van der Waals surface area contributed by atoms with Crippen LogP contribution in [-0.4, -0.2) is 14.3 Å². The van der Waals surface area contributed by atoms with Crippen LogP contribution in [0.2, 0.25) is 0 Å². The van der Waals surface area contributed by atoms with Crippen LogP contribution >= 0.6 is 11.3 Å². The van der Waals surface area contributed by atoms with Gasteiger partial charge in [0, 0.05) is 0 Å². The van der Waals surface area contributed by atoms with E-state index in [-0.39, 0.29) is 22.1 Å². The van der Waals surface area contributed by atoms with Crippen molar-refractivity contribution in [2.24, 2.45) is 0 Å². The number of benzene rings is 2. The molecule has 8 heteroatoms. The minimum absolute atomic E-state index is 0.167. The average molecular weight is 388 g/mol. The molecule has 0 atom stereocenters. The Kier molecular flexibility index (Phi) is 5.67. The zero-order valence-electron chi connectivity index (χ0n) is 13.6. The lowest BCUT2D eigenvalue weighted by Gasteiger charge is -2.12. The Morgan fingerprint density at radius 1 is 0.962 bits per heavy atom. The standard InChI is InChI=1S/C18H16N2O4S2/c21-18(19-24-13-14-7-2-1-3-8-14)15-9-4-5-10-16(15)20-26(22,23)17-11-6-12-25-17/h1-12,20H,13H2,(H,19,21). The predicted octanol–water partition coefficient (Wildman–Crippen LogP) is 3.41. The van der Waals surface area contributed by atoms with Crippen LogP contribution < -0.4 is 10.2 Å². The number of carbonyl (C=O) groups excluding carboxylic acids is 1. The molecule has 134 valence electrons. The fourth-order valence-electron chi connectivity index (χ4n) is 2.20. The number of amides is 1. The van der Waals surface area contributed by atoms with Crippen molar-refractivity contribution in [3.05, 3.63) is 83.2 Å². The number of rotatable bonds is 7. The van der Waals surface area contributed by atoms with Gasteiger partial charge in [0.1, 0.15) is 4.21 Å². The third kappa shape index (κ3) is 4.48. The van der Waals surface area contributed by atoms with E-state index in [2.05, 4.69) is 10.2 Å². The molecule has 2 N–H and O–H groups in total. The molecule has 0 bridgehead atoms. The predicted molar refractivity (Wildman–Crippen MR) is 100 cm³/mol. The van der Waals surface area contributed by atoms with Gasteiger partial charge in [-0.1, -0.05) is 48.5 Å². The first-order chi connectivity index (χ1) is 12.6. The zero-order valence-corrected chi connectivity index (χ0v) is 15.2. The number of anilines is 1. The van der Waals surface area contributed by atoms with E-state index in [0.717, 1.165) is 16.9 Å². The highest BCUT2D eigenvalue weighted by atomic mass is 32.2. The topological polar surface area (TPSA) is 84.5 Å². The first kappa shape index (κ1) is 18.1. The largest absolute Gasteiger partial charge is 0.278 e. The van der Waals surface area contributed by atoms with Crippen LogP contribution in [0.4, 0.5) is 5.69 Å². The summed E-state index contributed by atoms with van der Waals surface area (Å²) in [4.78, 5) is 17.6. The van der Waals surface area contributed by atoms with Gasteiger partial charge in [-0.2, -0.15) is 0 Å². The molecular weight excluding hydrogens is 372 g/mol. The summed E-state index contributed by atoms with van der Waals surface area (Å²) in [6.45, 7) is 0.204. The Labute approximate surface area is 155 Å². The van der Waals surface area contributed by atoms with Crippen molar-refractivity contribution >= 4 is 33.0 Å². The molecule has 1 amide bonds. The minimum atomic E-state index is -3.74. The Morgan fingerprint density at radius 3 is 2.42 bits per heavy atom. The quantitative estimate of drug-likeness (QED) is 0.608. The number of hydroxylamine groups is 1. The summed E-state index contributed by atoms with van der Waals surface area (Å²) in [5.41, 5.74) is 3.59. The summed E-state index contributed by atoms with van der Waals surface area (Å²) < 4.78 is 27.4. The van der Waals surface area contributed by atoms with Gasteiger partial charge in [-0.3, -0.25) is 14.4 Å². The third-order valence-electron chi connectivity index (χ3n) is 3.42. The number of para-hydroxylation sites is 1. The second-order valence-electron chi connectivity index (χ2n) is 5.29. The highest BCUT2D eigenvalue weighted by Gasteiger charge is 2.19. The molecule has 0 fully saturated rings. The van der Waals surface area contributed by atoms with Crippen molar-refractivity contribution in [3.63, 3.8) is 0 Å². The maximum Gasteiger partial charge on any atom is 0.276 e. The molecule has 3 aromatic rings. The first-order valence-corrected chi connectivity index (χ1v) is 10.0. The molecule has 0 aliphatic rings. The van der Waals surface area contributed by atoms with Gasteiger partial charge < -0.3 is 0 Å². The zero-order chi connectivity index (χ0) is 18.4. The van der Waals surface area contributed by atoms with Gasteiger partial charge in [0.2, 0.25) is 0 Å². The van der Waals surface area contributed by atoms with Gasteiger partial charge in [0.15, 0.2) is 0 Å². The number of thiophene rings is 1. The van der Waals surface area contributed by atoms with Crippen LogP contribution in [0.1, 0.15) is 15.9 Å². The molecule has 0 saturated heterocycles. The smallest absolute Gasteiger partial charge is 0.276 e. The molecule has 26 heavy (non-hydrogen) atoms. The summed E-state index contributed by atoms with van der Waals surface area (Å²) in [6.07, 6.45) is 0. The van der Waals surface area contributed by atoms with Crippen LogP contribution in [0.25, 0.3) is 0 Å². The van der Waals surface area contributed by atoms with E-state index in [0.29, 0.717) is 0 Å². The number of carbonyl (C=O) groups is 1. The van der Waals surface area contributed by atoms with E-state index in [4.69, 9.17) is 4.84 Å². The number of nitrogens with one attached hydrogen (secondary N) is 2. The summed E-state index contributed by atoms with van der Waals surface area (Å²) in [5, 5.41) is 1.67. The van der Waals surface area contributed by atoms with Crippen molar-refractivity contribution in [1.82, 2.24) is 5.48 Å². The van der Waals surface area contributed by atoms with E-state index in [1.165, 1.54) is 18.2 Å². The summed E-state index contributed by atoms with van der Waals surface area (Å²) in [7, 11) is -3.74. The molecule has 2 aromatic carbocycles. The molecule has 6 nitrogen and oxygen atoms in total. The Morgan fingerprint density at radius 2 is 1.69 bits per heavy atom. The summed E-state index contributed by atoms with van der Waals surface area (Å²) >= 11 is 1.10. The molecule has 0 saturated carbocycles. The van der Waals surface area contributed by atoms with E-state index < -0.39 is 15.9 Å². The second kappa shape index (κ2) is 8.13. The van der Waals surface area contributed by atoms with Gasteiger partial charge in [-0.05, 0) is 29.1 Å². The maximum absolute atomic E-state index is 12.4. The fraction of sp³-hybridized carbons (Fsp3) is 0.0556. The van der Waals surface area contributed by atoms with Gasteiger partial charge in [-0.25, -0.2) is 13.9 Å². The van der Waals surface area contributed by atoms with Crippen LogP contribution in [0, 0.1) is 0 Å². The molecule has 0 unspecified atom stereocenters. The normalized spacial score (nSPS) is 11.1. The maximum atomic E-state index is 12.4. The van der Waals surface area contributed by atoms with Crippen LogP contribution in [0.5, 0.6) is 0 Å². The number of hydrogen-bond donors (Lipinski definition) is 2. The lowest BCUT2D eigenvalue weighted by Crippen LogP contribution is -2.25. The van der Waals surface area contributed by atoms with Crippen LogP contribution in [0.15, 0.2) is 76.3 Å². The van der Waals surface area contributed by atoms with Gasteiger partial charge in [-0.15, -0.1) is 11.3 Å². The van der Waals surface area contributed by atoms with Crippen molar-refractivity contribution in [3.8, 4) is 0 Å². The SMILES string of the molecule is O=C(NOCc1ccccc1)c1ccccc1NS(=O)(=O)c1cccs1. The summed E-state index contributed by atoms with van der Waals surface area (Å²) in [6, 6.07) is 18.9. The minimum Gasteiger partial charge on any atom is -0.278 e. The fourth-order valence-corrected chi connectivity index (χ4v) is 4.27. The third-order valence-corrected chi connectivity index (χ3v) is 6.19.